The van der Waals surface area contributed by atoms with Crippen LogP contribution in [-0.4, -0.2) is 24.7 Å². The summed E-state index contributed by atoms with van der Waals surface area (Å²) in [6, 6.07) is 1.64. The average Bonchev–Trinajstić information content (AvgIpc) is 2.78. The lowest BCUT2D eigenvalue weighted by molar-refractivity contribution is -0.380. The summed E-state index contributed by atoms with van der Waals surface area (Å²) in [5, 5.41) is 16.0. The fraction of sp³-hybridized carbons (Fsp3) is 0.667. The van der Waals surface area contributed by atoms with Crippen molar-refractivity contribution in [1.82, 2.24) is 5.32 Å². The minimum Gasteiger partial charge on any atom is -0.381 e. The molecule has 0 aliphatic carbocycles. The molecule has 0 unspecified atom stereocenters. The van der Waals surface area contributed by atoms with Gasteiger partial charge in [-0.05, 0) is 23.8 Å². The molecule has 0 saturated carbocycles. The first-order valence-electron chi connectivity index (χ1n) is 6.09. The van der Waals surface area contributed by atoms with Crippen molar-refractivity contribution in [3.63, 3.8) is 0 Å². The number of nitro groups is 1. The van der Waals surface area contributed by atoms with E-state index in [4.69, 9.17) is 4.74 Å². The van der Waals surface area contributed by atoms with Crippen molar-refractivity contribution >= 4 is 16.3 Å². The molecule has 1 fully saturated rings. The van der Waals surface area contributed by atoms with Gasteiger partial charge >= 0.3 is 5.00 Å². The lowest BCUT2D eigenvalue weighted by Gasteiger charge is -2.33. The monoisotopic (exact) mass is 270 g/mol. The van der Waals surface area contributed by atoms with Crippen molar-refractivity contribution in [3.05, 3.63) is 27.1 Å². The molecule has 0 amide bonds. The smallest absolute Gasteiger partial charge is 0.324 e. The Morgan fingerprint density at radius 1 is 1.56 bits per heavy atom. The molecule has 1 aromatic rings. The van der Waals surface area contributed by atoms with E-state index in [1.54, 1.807) is 6.07 Å². The summed E-state index contributed by atoms with van der Waals surface area (Å²) in [7, 11) is 0. The summed E-state index contributed by atoms with van der Waals surface area (Å²) in [5.41, 5.74) is 1.28. The second kappa shape index (κ2) is 5.77. The van der Waals surface area contributed by atoms with E-state index in [-0.39, 0.29) is 9.92 Å². The largest absolute Gasteiger partial charge is 0.381 e. The van der Waals surface area contributed by atoms with Crippen LogP contribution in [0.4, 0.5) is 5.00 Å². The number of hydrogen-bond donors (Lipinski definition) is 1. The Bertz CT molecular complexity index is 413. The molecule has 0 bridgehead atoms. The van der Waals surface area contributed by atoms with E-state index in [9.17, 15) is 10.1 Å². The molecule has 0 radical (unpaired) electrons. The molecule has 1 aromatic heterocycles. The molecular weight excluding hydrogens is 252 g/mol. The first-order valence-corrected chi connectivity index (χ1v) is 6.97. The van der Waals surface area contributed by atoms with Crippen molar-refractivity contribution in [2.75, 3.05) is 19.8 Å². The Balaban J connectivity index is 1.78. The van der Waals surface area contributed by atoms with Gasteiger partial charge in [0.1, 0.15) is 0 Å². The van der Waals surface area contributed by atoms with Crippen LogP contribution in [0.3, 0.4) is 0 Å². The first-order chi connectivity index (χ1) is 8.59. The van der Waals surface area contributed by atoms with Gasteiger partial charge in [0.05, 0.1) is 4.92 Å². The van der Waals surface area contributed by atoms with Crippen molar-refractivity contribution in [1.29, 1.82) is 0 Å². The topological polar surface area (TPSA) is 64.4 Å². The lowest BCUT2D eigenvalue weighted by atomic mass is 9.82. The molecular formula is C12H18N2O3S. The normalized spacial score (nSPS) is 18.7. The number of nitrogens with one attached hydrogen (secondary N) is 1. The Labute approximate surface area is 110 Å². The minimum absolute atomic E-state index is 0.212. The molecule has 18 heavy (non-hydrogen) atoms. The molecule has 0 atom stereocenters. The third-order valence-electron chi connectivity index (χ3n) is 3.40. The number of hydrogen-bond acceptors (Lipinski definition) is 5. The molecule has 6 heteroatoms. The van der Waals surface area contributed by atoms with Gasteiger partial charge in [0.25, 0.3) is 0 Å². The van der Waals surface area contributed by atoms with E-state index in [2.05, 4.69) is 12.2 Å². The van der Waals surface area contributed by atoms with Gasteiger partial charge < -0.3 is 10.1 Å². The molecule has 1 N–H and O–H groups in total. The van der Waals surface area contributed by atoms with Crippen molar-refractivity contribution in [3.8, 4) is 0 Å². The van der Waals surface area contributed by atoms with Crippen LogP contribution < -0.4 is 5.32 Å². The van der Waals surface area contributed by atoms with Crippen LogP contribution in [0.1, 0.15) is 25.3 Å². The minimum atomic E-state index is -0.339. The summed E-state index contributed by atoms with van der Waals surface area (Å²) in [6.07, 6.45) is 2.15. The van der Waals surface area contributed by atoms with Crippen LogP contribution in [-0.2, 0) is 11.3 Å². The highest BCUT2D eigenvalue weighted by Gasteiger charge is 2.26. The van der Waals surface area contributed by atoms with Gasteiger partial charge in [0.2, 0.25) is 0 Å². The van der Waals surface area contributed by atoms with Crippen molar-refractivity contribution in [2.24, 2.45) is 5.41 Å². The number of rotatable bonds is 5. The van der Waals surface area contributed by atoms with Gasteiger partial charge in [0, 0.05) is 37.7 Å². The van der Waals surface area contributed by atoms with E-state index in [0.717, 1.165) is 38.2 Å². The molecule has 2 rings (SSSR count). The van der Waals surface area contributed by atoms with Crippen LogP contribution in [0.25, 0.3) is 0 Å². The maximum Gasteiger partial charge on any atom is 0.324 e. The third-order valence-corrected chi connectivity index (χ3v) is 4.33. The van der Waals surface area contributed by atoms with Gasteiger partial charge in [-0.1, -0.05) is 18.3 Å². The maximum atomic E-state index is 10.6. The van der Waals surface area contributed by atoms with Crippen molar-refractivity contribution in [2.45, 2.75) is 26.3 Å². The highest BCUT2D eigenvalue weighted by Crippen LogP contribution is 2.29. The van der Waals surface area contributed by atoms with Gasteiger partial charge in [-0.3, -0.25) is 10.1 Å². The Kier molecular flexibility index (Phi) is 4.31. The number of thiophene rings is 1. The zero-order valence-corrected chi connectivity index (χ0v) is 11.3. The number of ether oxygens (including phenoxy) is 1. The van der Waals surface area contributed by atoms with E-state index >= 15 is 0 Å². The average molecular weight is 270 g/mol. The fourth-order valence-corrected chi connectivity index (χ4v) is 2.83. The van der Waals surface area contributed by atoms with E-state index in [0.29, 0.717) is 12.0 Å². The summed E-state index contributed by atoms with van der Waals surface area (Å²) in [4.78, 5) is 10.2. The SMILES string of the molecule is CC1(CNCc2csc([N+](=O)[O-])c2)CCOCC1. The quantitative estimate of drug-likeness (QED) is 0.659. The van der Waals surface area contributed by atoms with Gasteiger partial charge in [-0.2, -0.15) is 0 Å². The second-order valence-electron chi connectivity index (χ2n) is 5.08. The van der Waals surface area contributed by atoms with Gasteiger partial charge in [-0.25, -0.2) is 0 Å². The third kappa shape index (κ3) is 3.51. The summed E-state index contributed by atoms with van der Waals surface area (Å²) < 4.78 is 5.36. The van der Waals surface area contributed by atoms with Crippen LogP contribution in [0.5, 0.6) is 0 Å². The maximum absolute atomic E-state index is 10.6. The van der Waals surface area contributed by atoms with E-state index in [1.165, 1.54) is 11.3 Å². The molecule has 2 heterocycles. The Morgan fingerprint density at radius 2 is 2.28 bits per heavy atom. The van der Waals surface area contributed by atoms with E-state index in [1.807, 2.05) is 5.38 Å². The predicted molar refractivity (Wildman–Crippen MR) is 70.8 cm³/mol. The fourth-order valence-electron chi connectivity index (χ4n) is 2.10. The summed E-state index contributed by atoms with van der Waals surface area (Å²) in [6.45, 7) is 5.56. The van der Waals surface area contributed by atoms with Crippen LogP contribution in [0, 0.1) is 15.5 Å². The zero-order valence-electron chi connectivity index (χ0n) is 10.5. The summed E-state index contributed by atoms with van der Waals surface area (Å²) in [5.74, 6) is 0. The molecule has 0 spiro atoms. The second-order valence-corrected chi connectivity index (χ2v) is 5.97. The predicted octanol–water partition coefficient (Wildman–Crippen LogP) is 2.56. The Morgan fingerprint density at radius 3 is 2.89 bits per heavy atom. The zero-order chi connectivity index (χ0) is 13.0. The number of nitrogens with zero attached hydrogens (tertiary/aromatic N) is 1. The standard InChI is InChI=1S/C12H18N2O3S/c1-12(2-4-17-5-3-12)9-13-7-10-6-11(14(15)16)18-8-10/h6,8,13H,2-5,7,9H2,1H3. The van der Waals surface area contributed by atoms with Gasteiger partial charge in [0.15, 0.2) is 0 Å². The van der Waals surface area contributed by atoms with Gasteiger partial charge in [-0.15, -0.1) is 0 Å². The van der Waals surface area contributed by atoms with E-state index < -0.39 is 0 Å². The molecule has 100 valence electrons. The first kappa shape index (κ1) is 13.5. The Hall–Kier alpha value is -0.980. The molecule has 1 aliphatic heterocycles. The van der Waals surface area contributed by atoms with Crippen LogP contribution in [0.15, 0.2) is 11.4 Å². The van der Waals surface area contributed by atoms with Crippen LogP contribution in [0.2, 0.25) is 0 Å². The van der Waals surface area contributed by atoms with Crippen molar-refractivity contribution < 1.29 is 9.66 Å². The molecule has 0 aromatic carbocycles. The molecule has 1 saturated heterocycles. The highest BCUT2D eigenvalue weighted by atomic mass is 32.1. The molecule has 1 aliphatic rings. The summed E-state index contributed by atoms with van der Waals surface area (Å²) >= 11 is 1.18. The van der Waals surface area contributed by atoms with Crippen LogP contribution >= 0.6 is 11.3 Å². The highest BCUT2D eigenvalue weighted by molar-refractivity contribution is 7.13. The molecule has 5 nitrogen and oxygen atoms in total. The lowest BCUT2D eigenvalue weighted by Crippen LogP contribution is -2.36.